The highest BCUT2D eigenvalue weighted by Gasteiger charge is 2.11. The summed E-state index contributed by atoms with van der Waals surface area (Å²) in [6, 6.07) is 8.44. The SMILES string of the molecule is Fc1ccc(-n2ccc3c2NC=NC3)cc1. The minimum atomic E-state index is -0.223. The molecule has 0 amide bonds. The Bertz CT molecular complexity index is 540. The molecule has 0 bridgehead atoms. The summed E-state index contributed by atoms with van der Waals surface area (Å²) in [5.41, 5.74) is 2.08. The lowest BCUT2D eigenvalue weighted by Crippen LogP contribution is -2.08. The molecule has 16 heavy (non-hydrogen) atoms. The third kappa shape index (κ3) is 1.39. The number of hydrogen-bond donors (Lipinski definition) is 1. The lowest BCUT2D eigenvalue weighted by atomic mass is 10.3. The summed E-state index contributed by atoms with van der Waals surface area (Å²) < 4.78 is 14.8. The number of fused-ring (bicyclic) bond motifs is 1. The van der Waals surface area contributed by atoms with E-state index in [0.29, 0.717) is 6.54 Å². The van der Waals surface area contributed by atoms with Gasteiger partial charge in [0.1, 0.15) is 11.6 Å². The molecule has 1 aliphatic heterocycles. The second kappa shape index (κ2) is 3.48. The van der Waals surface area contributed by atoms with Crippen molar-refractivity contribution in [3.05, 3.63) is 47.9 Å². The standard InChI is InChI=1S/C12H10FN3/c13-10-1-3-11(4-2-10)16-6-5-9-7-14-8-15-12(9)16/h1-6,8H,7H2,(H,14,15). The highest BCUT2D eigenvalue weighted by atomic mass is 19.1. The Morgan fingerprint density at radius 1 is 1.19 bits per heavy atom. The van der Waals surface area contributed by atoms with E-state index >= 15 is 0 Å². The van der Waals surface area contributed by atoms with Gasteiger partial charge in [-0.05, 0) is 30.3 Å². The second-order valence-electron chi connectivity index (χ2n) is 3.65. The van der Waals surface area contributed by atoms with Gasteiger partial charge in [0.25, 0.3) is 0 Å². The molecule has 3 rings (SSSR count). The number of aromatic nitrogens is 1. The molecule has 0 spiro atoms. The average Bonchev–Trinajstić information content (AvgIpc) is 2.74. The van der Waals surface area contributed by atoms with Crippen LogP contribution in [0, 0.1) is 5.82 Å². The first kappa shape index (κ1) is 9.15. The molecule has 2 heterocycles. The molecular formula is C12H10FN3. The maximum Gasteiger partial charge on any atom is 0.123 e. The van der Waals surface area contributed by atoms with Gasteiger partial charge in [-0.15, -0.1) is 0 Å². The molecule has 0 aliphatic carbocycles. The van der Waals surface area contributed by atoms with Crippen LogP contribution in [-0.2, 0) is 6.54 Å². The molecule has 0 saturated heterocycles. The van der Waals surface area contributed by atoms with E-state index in [2.05, 4.69) is 10.3 Å². The molecule has 80 valence electrons. The third-order valence-corrected chi connectivity index (χ3v) is 2.63. The number of benzene rings is 1. The fourth-order valence-corrected chi connectivity index (χ4v) is 1.83. The van der Waals surface area contributed by atoms with Crippen LogP contribution in [0.5, 0.6) is 0 Å². The van der Waals surface area contributed by atoms with Crippen LogP contribution in [0.1, 0.15) is 5.56 Å². The quantitative estimate of drug-likeness (QED) is 0.778. The molecule has 1 N–H and O–H groups in total. The van der Waals surface area contributed by atoms with Gasteiger partial charge < -0.3 is 9.88 Å². The molecule has 1 aromatic heterocycles. The molecular weight excluding hydrogens is 205 g/mol. The van der Waals surface area contributed by atoms with Crippen LogP contribution in [0.25, 0.3) is 5.69 Å². The van der Waals surface area contributed by atoms with Crippen molar-refractivity contribution in [3.8, 4) is 5.69 Å². The zero-order chi connectivity index (χ0) is 11.0. The summed E-state index contributed by atoms with van der Waals surface area (Å²) >= 11 is 0. The minimum absolute atomic E-state index is 0.223. The number of aliphatic imine (C=N–C) groups is 1. The topological polar surface area (TPSA) is 29.3 Å². The summed E-state index contributed by atoms with van der Waals surface area (Å²) in [5, 5.41) is 3.10. The highest BCUT2D eigenvalue weighted by Crippen LogP contribution is 2.24. The number of anilines is 1. The average molecular weight is 215 g/mol. The van der Waals surface area contributed by atoms with Gasteiger partial charge in [0.15, 0.2) is 0 Å². The zero-order valence-electron chi connectivity index (χ0n) is 8.52. The molecule has 1 aliphatic rings. The van der Waals surface area contributed by atoms with Crippen LogP contribution in [-0.4, -0.2) is 10.9 Å². The Kier molecular flexibility index (Phi) is 1.99. The van der Waals surface area contributed by atoms with Crippen molar-refractivity contribution in [2.45, 2.75) is 6.54 Å². The normalized spacial score (nSPS) is 13.3. The summed E-state index contributed by atoms with van der Waals surface area (Å²) in [5.74, 6) is 0.779. The van der Waals surface area contributed by atoms with Gasteiger partial charge in [0, 0.05) is 17.4 Å². The lowest BCUT2D eigenvalue weighted by molar-refractivity contribution is 0.627. The number of nitrogens with one attached hydrogen (secondary N) is 1. The van der Waals surface area contributed by atoms with Crippen LogP contribution in [0.15, 0.2) is 41.5 Å². The van der Waals surface area contributed by atoms with Gasteiger partial charge in [-0.3, -0.25) is 4.99 Å². The van der Waals surface area contributed by atoms with Gasteiger partial charge in [-0.1, -0.05) is 0 Å². The van der Waals surface area contributed by atoms with E-state index in [1.807, 2.05) is 16.8 Å². The van der Waals surface area contributed by atoms with Crippen molar-refractivity contribution in [1.82, 2.24) is 4.57 Å². The smallest absolute Gasteiger partial charge is 0.123 e. The molecule has 0 radical (unpaired) electrons. The second-order valence-corrected chi connectivity index (χ2v) is 3.65. The van der Waals surface area contributed by atoms with Crippen LogP contribution >= 0.6 is 0 Å². The largest absolute Gasteiger partial charge is 0.332 e. The summed E-state index contributed by atoms with van der Waals surface area (Å²) in [7, 11) is 0. The number of halogens is 1. The maximum atomic E-state index is 12.8. The van der Waals surface area contributed by atoms with Crippen molar-refractivity contribution < 1.29 is 4.39 Å². The van der Waals surface area contributed by atoms with Crippen LogP contribution in [0.2, 0.25) is 0 Å². The first-order valence-corrected chi connectivity index (χ1v) is 5.05. The van der Waals surface area contributed by atoms with E-state index in [1.54, 1.807) is 18.5 Å². The molecule has 0 atom stereocenters. The van der Waals surface area contributed by atoms with Gasteiger partial charge >= 0.3 is 0 Å². The molecule has 3 nitrogen and oxygen atoms in total. The van der Waals surface area contributed by atoms with E-state index in [0.717, 1.165) is 17.1 Å². The van der Waals surface area contributed by atoms with Crippen molar-refractivity contribution in [2.24, 2.45) is 4.99 Å². The predicted octanol–water partition coefficient (Wildman–Crippen LogP) is 2.57. The van der Waals surface area contributed by atoms with E-state index in [4.69, 9.17) is 0 Å². The van der Waals surface area contributed by atoms with Crippen LogP contribution in [0.3, 0.4) is 0 Å². The fourth-order valence-electron chi connectivity index (χ4n) is 1.83. The van der Waals surface area contributed by atoms with E-state index in [1.165, 1.54) is 12.1 Å². The highest BCUT2D eigenvalue weighted by molar-refractivity contribution is 5.79. The monoisotopic (exact) mass is 215 g/mol. The molecule has 0 saturated carbocycles. The number of nitrogens with zero attached hydrogens (tertiary/aromatic N) is 2. The molecule has 0 fully saturated rings. The van der Waals surface area contributed by atoms with Crippen LogP contribution in [0.4, 0.5) is 10.2 Å². The number of rotatable bonds is 1. The van der Waals surface area contributed by atoms with Crippen molar-refractivity contribution in [3.63, 3.8) is 0 Å². The first-order chi connectivity index (χ1) is 7.84. The van der Waals surface area contributed by atoms with Gasteiger partial charge in [0.05, 0.1) is 12.9 Å². The first-order valence-electron chi connectivity index (χ1n) is 5.05. The van der Waals surface area contributed by atoms with E-state index in [-0.39, 0.29) is 5.82 Å². The molecule has 0 unspecified atom stereocenters. The van der Waals surface area contributed by atoms with Crippen molar-refractivity contribution in [2.75, 3.05) is 5.32 Å². The Morgan fingerprint density at radius 2 is 2.00 bits per heavy atom. The molecule has 2 aromatic rings. The maximum absolute atomic E-state index is 12.8. The fraction of sp³-hybridized carbons (Fsp3) is 0.0833. The van der Waals surface area contributed by atoms with Gasteiger partial charge in [-0.25, -0.2) is 4.39 Å². The van der Waals surface area contributed by atoms with Crippen molar-refractivity contribution >= 4 is 12.2 Å². The summed E-state index contributed by atoms with van der Waals surface area (Å²) in [6.07, 6.45) is 3.64. The predicted molar refractivity (Wildman–Crippen MR) is 61.5 cm³/mol. The molecule has 4 heteroatoms. The molecule has 1 aromatic carbocycles. The summed E-state index contributed by atoms with van der Waals surface area (Å²) in [6.45, 7) is 0.691. The summed E-state index contributed by atoms with van der Waals surface area (Å²) in [4.78, 5) is 4.13. The van der Waals surface area contributed by atoms with Crippen LogP contribution < -0.4 is 5.32 Å². The lowest BCUT2D eigenvalue weighted by Gasteiger charge is -2.13. The number of hydrogen-bond acceptors (Lipinski definition) is 2. The van der Waals surface area contributed by atoms with Gasteiger partial charge in [-0.2, -0.15) is 0 Å². The Morgan fingerprint density at radius 3 is 2.81 bits per heavy atom. The Labute approximate surface area is 92.2 Å². The zero-order valence-corrected chi connectivity index (χ0v) is 8.52. The van der Waals surface area contributed by atoms with E-state index in [9.17, 15) is 4.39 Å². The minimum Gasteiger partial charge on any atom is -0.332 e. The Hall–Kier alpha value is -2.10. The van der Waals surface area contributed by atoms with Gasteiger partial charge in [0.2, 0.25) is 0 Å². The van der Waals surface area contributed by atoms with Crippen molar-refractivity contribution in [1.29, 1.82) is 0 Å². The third-order valence-electron chi connectivity index (χ3n) is 2.63. The Balaban J connectivity index is 2.08. The van der Waals surface area contributed by atoms with E-state index < -0.39 is 0 Å².